The van der Waals surface area contributed by atoms with Crippen LogP contribution in [0.4, 0.5) is 0 Å². The molecule has 0 aliphatic rings. The molecule has 0 unspecified atom stereocenters. The highest BCUT2D eigenvalue weighted by Crippen LogP contribution is 2.37. The third kappa shape index (κ3) is 2.53. The average molecular weight is 259 g/mol. The first-order chi connectivity index (χ1) is 8.01. The number of sulfone groups is 1. The van der Waals surface area contributed by atoms with Gasteiger partial charge in [-0.15, -0.1) is 0 Å². The fourth-order valence-electron chi connectivity index (χ4n) is 1.59. The molecule has 0 aliphatic carbocycles. The van der Waals surface area contributed by atoms with Crippen molar-refractivity contribution in [2.75, 3.05) is 20.0 Å². The quantitative estimate of drug-likeness (QED) is 0.852. The number of ether oxygens (including phenoxy) is 2. The van der Waals surface area contributed by atoms with Crippen LogP contribution in [0.5, 0.6) is 11.5 Å². The van der Waals surface area contributed by atoms with Gasteiger partial charge in [-0.3, -0.25) is 0 Å². The first-order valence-corrected chi connectivity index (χ1v) is 6.83. The van der Waals surface area contributed by atoms with Crippen molar-refractivity contribution in [2.24, 2.45) is 5.73 Å². The number of rotatable bonds is 5. The van der Waals surface area contributed by atoms with Crippen molar-refractivity contribution in [1.29, 1.82) is 0 Å². The van der Waals surface area contributed by atoms with Crippen molar-refractivity contribution in [3.05, 3.63) is 17.7 Å². The summed E-state index contributed by atoms with van der Waals surface area (Å²) in [4.78, 5) is 0.129. The molecule has 0 saturated carbocycles. The molecule has 0 spiro atoms. The molecular weight excluding hydrogens is 242 g/mol. The second-order valence-electron chi connectivity index (χ2n) is 3.40. The van der Waals surface area contributed by atoms with Crippen molar-refractivity contribution >= 4 is 9.84 Å². The van der Waals surface area contributed by atoms with Gasteiger partial charge in [0, 0.05) is 6.54 Å². The van der Waals surface area contributed by atoms with Gasteiger partial charge in [0.05, 0.1) is 20.0 Å². The van der Waals surface area contributed by atoms with Crippen LogP contribution in [0.3, 0.4) is 0 Å². The Balaban J connectivity index is 3.63. The van der Waals surface area contributed by atoms with E-state index in [1.807, 2.05) is 0 Å². The van der Waals surface area contributed by atoms with Gasteiger partial charge in [-0.25, -0.2) is 8.42 Å². The molecule has 5 nitrogen and oxygen atoms in total. The number of methoxy groups -OCH3 is 2. The number of hydrogen-bond donors (Lipinski definition) is 1. The Morgan fingerprint density at radius 2 is 1.88 bits per heavy atom. The summed E-state index contributed by atoms with van der Waals surface area (Å²) in [6.45, 7) is 1.71. The van der Waals surface area contributed by atoms with E-state index in [2.05, 4.69) is 0 Å². The standard InChI is InChI=1S/C11H17NO4S/c1-4-17(13,14)11-8(7-12)5-6-9(15-2)10(11)16-3/h5-6H,4,7,12H2,1-3H3. The van der Waals surface area contributed by atoms with Gasteiger partial charge < -0.3 is 15.2 Å². The maximum absolute atomic E-state index is 12.0. The molecule has 2 N–H and O–H groups in total. The lowest BCUT2D eigenvalue weighted by molar-refractivity contribution is 0.346. The smallest absolute Gasteiger partial charge is 0.182 e. The molecule has 96 valence electrons. The molecule has 0 aliphatic heterocycles. The summed E-state index contributed by atoms with van der Waals surface area (Å²) in [5.41, 5.74) is 6.09. The predicted octanol–water partition coefficient (Wildman–Crippen LogP) is 0.956. The Bertz CT molecular complexity index is 496. The third-order valence-electron chi connectivity index (χ3n) is 2.49. The van der Waals surface area contributed by atoms with Crippen molar-refractivity contribution < 1.29 is 17.9 Å². The minimum Gasteiger partial charge on any atom is -0.493 e. The minimum atomic E-state index is -3.40. The van der Waals surface area contributed by atoms with Crippen LogP contribution in [0.15, 0.2) is 17.0 Å². The first-order valence-electron chi connectivity index (χ1n) is 5.18. The lowest BCUT2D eigenvalue weighted by atomic mass is 10.2. The van der Waals surface area contributed by atoms with Crippen LogP contribution in [0.1, 0.15) is 12.5 Å². The van der Waals surface area contributed by atoms with Crippen LogP contribution in [0.2, 0.25) is 0 Å². The topological polar surface area (TPSA) is 78.6 Å². The van der Waals surface area contributed by atoms with Gasteiger partial charge in [-0.05, 0) is 11.6 Å². The molecule has 1 rings (SSSR count). The number of benzene rings is 1. The summed E-state index contributed by atoms with van der Waals surface area (Å²) in [5, 5.41) is 0. The lowest BCUT2D eigenvalue weighted by Gasteiger charge is -2.15. The lowest BCUT2D eigenvalue weighted by Crippen LogP contribution is -2.12. The molecule has 1 aromatic carbocycles. The van der Waals surface area contributed by atoms with Crippen molar-refractivity contribution in [1.82, 2.24) is 0 Å². The maximum Gasteiger partial charge on any atom is 0.182 e. The van der Waals surface area contributed by atoms with Gasteiger partial charge >= 0.3 is 0 Å². The molecule has 0 saturated heterocycles. The molecule has 0 bridgehead atoms. The van der Waals surface area contributed by atoms with Crippen molar-refractivity contribution in [3.8, 4) is 11.5 Å². The molecule has 6 heteroatoms. The van der Waals surface area contributed by atoms with E-state index in [1.165, 1.54) is 14.2 Å². The van der Waals surface area contributed by atoms with Gasteiger partial charge in [0.2, 0.25) is 0 Å². The SMILES string of the molecule is CCS(=O)(=O)c1c(CN)ccc(OC)c1OC. The molecule has 0 aromatic heterocycles. The number of nitrogens with two attached hydrogens (primary N) is 1. The second kappa shape index (κ2) is 5.37. The van der Waals surface area contributed by atoms with E-state index in [-0.39, 0.29) is 22.9 Å². The zero-order valence-corrected chi connectivity index (χ0v) is 11.0. The largest absolute Gasteiger partial charge is 0.493 e. The highest BCUT2D eigenvalue weighted by Gasteiger charge is 2.24. The van der Waals surface area contributed by atoms with Crippen LogP contribution in [0, 0.1) is 0 Å². The van der Waals surface area contributed by atoms with E-state index >= 15 is 0 Å². The van der Waals surface area contributed by atoms with E-state index in [4.69, 9.17) is 15.2 Å². The monoisotopic (exact) mass is 259 g/mol. The molecule has 0 fully saturated rings. The summed E-state index contributed by atoms with van der Waals surface area (Å²) in [6.07, 6.45) is 0. The van der Waals surface area contributed by atoms with Crippen LogP contribution < -0.4 is 15.2 Å². The number of hydrogen-bond acceptors (Lipinski definition) is 5. The van der Waals surface area contributed by atoms with Crippen LogP contribution in [-0.4, -0.2) is 28.4 Å². The van der Waals surface area contributed by atoms with Gasteiger partial charge in [0.15, 0.2) is 21.3 Å². The summed E-state index contributed by atoms with van der Waals surface area (Å²) in [6, 6.07) is 3.29. The Labute approximate surface area is 101 Å². The fraction of sp³-hybridized carbons (Fsp3) is 0.455. The highest BCUT2D eigenvalue weighted by molar-refractivity contribution is 7.91. The van der Waals surface area contributed by atoms with Crippen LogP contribution in [0.25, 0.3) is 0 Å². The van der Waals surface area contributed by atoms with E-state index < -0.39 is 9.84 Å². The van der Waals surface area contributed by atoms with Crippen molar-refractivity contribution in [2.45, 2.75) is 18.4 Å². The van der Waals surface area contributed by atoms with E-state index in [9.17, 15) is 8.42 Å². The third-order valence-corrected chi connectivity index (χ3v) is 4.32. The first kappa shape index (κ1) is 13.8. The second-order valence-corrected chi connectivity index (χ2v) is 5.61. The molecular formula is C11H17NO4S. The van der Waals surface area contributed by atoms with E-state index in [0.29, 0.717) is 11.3 Å². The zero-order chi connectivity index (χ0) is 13.1. The van der Waals surface area contributed by atoms with Crippen LogP contribution >= 0.6 is 0 Å². The van der Waals surface area contributed by atoms with E-state index in [1.54, 1.807) is 19.1 Å². The summed E-state index contributed by atoms with van der Waals surface area (Å²) in [7, 11) is -0.531. The summed E-state index contributed by atoms with van der Waals surface area (Å²) in [5.74, 6) is 0.595. The van der Waals surface area contributed by atoms with Gasteiger partial charge in [-0.1, -0.05) is 13.0 Å². The molecule has 1 aromatic rings. The average Bonchev–Trinajstić information content (AvgIpc) is 2.36. The Hall–Kier alpha value is -1.27. The highest BCUT2D eigenvalue weighted by atomic mass is 32.2. The zero-order valence-electron chi connectivity index (χ0n) is 10.2. The van der Waals surface area contributed by atoms with Gasteiger partial charge in [0.1, 0.15) is 4.90 Å². The summed E-state index contributed by atoms with van der Waals surface area (Å²) >= 11 is 0. The normalized spacial score (nSPS) is 11.3. The molecule has 0 amide bonds. The summed E-state index contributed by atoms with van der Waals surface area (Å²) < 4.78 is 34.3. The Kier molecular flexibility index (Phi) is 4.36. The van der Waals surface area contributed by atoms with E-state index in [0.717, 1.165) is 0 Å². The Morgan fingerprint density at radius 1 is 1.24 bits per heavy atom. The van der Waals surface area contributed by atoms with Gasteiger partial charge in [0.25, 0.3) is 0 Å². The molecule has 0 atom stereocenters. The Morgan fingerprint density at radius 3 is 2.29 bits per heavy atom. The van der Waals surface area contributed by atoms with Crippen LogP contribution in [-0.2, 0) is 16.4 Å². The van der Waals surface area contributed by atoms with Gasteiger partial charge in [-0.2, -0.15) is 0 Å². The maximum atomic E-state index is 12.0. The minimum absolute atomic E-state index is 0.0104. The van der Waals surface area contributed by atoms with Crippen molar-refractivity contribution in [3.63, 3.8) is 0 Å². The molecule has 0 radical (unpaired) electrons. The predicted molar refractivity (Wildman–Crippen MR) is 65.2 cm³/mol. The molecule has 17 heavy (non-hydrogen) atoms. The molecule has 0 heterocycles. The fourth-order valence-corrected chi connectivity index (χ4v) is 2.89.